The topological polar surface area (TPSA) is 133 Å². The Bertz CT molecular complexity index is 1330. The molecular formula is C23H18N2O7S. The predicted molar refractivity (Wildman–Crippen MR) is 121 cm³/mol. The number of non-ortho nitro benzene ring substituents is 1. The third-order valence-electron chi connectivity index (χ3n) is 4.51. The van der Waals surface area contributed by atoms with Gasteiger partial charge in [0.2, 0.25) is 0 Å². The molecule has 0 spiro atoms. The van der Waals surface area contributed by atoms with Gasteiger partial charge < -0.3 is 4.74 Å². The number of carbonyl (C=O) groups is 2. The van der Waals surface area contributed by atoms with Crippen molar-refractivity contribution in [2.75, 3.05) is 11.8 Å². The van der Waals surface area contributed by atoms with Crippen LogP contribution < -0.4 is 4.72 Å². The van der Waals surface area contributed by atoms with Crippen LogP contribution in [0.3, 0.4) is 0 Å². The fraction of sp³-hybridized carbons (Fsp3) is 0.0435. The number of nitrogens with one attached hydrogen (secondary N) is 1. The number of esters is 1. The minimum atomic E-state index is -3.96. The summed E-state index contributed by atoms with van der Waals surface area (Å²) in [6.45, 7) is 0. The highest BCUT2D eigenvalue weighted by atomic mass is 32.2. The van der Waals surface area contributed by atoms with E-state index in [-0.39, 0.29) is 22.1 Å². The van der Waals surface area contributed by atoms with Gasteiger partial charge in [-0.1, -0.05) is 18.2 Å². The number of methoxy groups -OCH3 is 1. The first-order valence-electron chi connectivity index (χ1n) is 9.48. The van der Waals surface area contributed by atoms with E-state index >= 15 is 0 Å². The summed E-state index contributed by atoms with van der Waals surface area (Å²) in [5.74, 6) is -0.799. The third kappa shape index (κ3) is 5.89. The molecule has 3 aromatic rings. The number of anilines is 1. The van der Waals surface area contributed by atoms with Crippen LogP contribution in [-0.4, -0.2) is 32.2 Å². The first-order chi connectivity index (χ1) is 15.7. The van der Waals surface area contributed by atoms with E-state index in [4.69, 9.17) is 0 Å². The van der Waals surface area contributed by atoms with Crippen LogP contribution in [0.5, 0.6) is 0 Å². The Kier molecular flexibility index (Phi) is 6.99. The fourth-order valence-corrected chi connectivity index (χ4v) is 3.88. The largest absolute Gasteiger partial charge is 0.465 e. The molecule has 0 heterocycles. The van der Waals surface area contributed by atoms with Crippen molar-refractivity contribution >= 4 is 39.2 Å². The summed E-state index contributed by atoms with van der Waals surface area (Å²) >= 11 is 0. The lowest BCUT2D eigenvalue weighted by Gasteiger charge is -2.08. The number of hydrogen-bond donors (Lipinski definition) is 1. The van der Waals surface area contributed by atoms with Crippen molar-refractivity contribution in [2.24, 2.45) is 0 Å². The van der Waals surface area contributed by atoms with E-state index in [0.29, 0.717) is 16.7 Å². The van der Waals surface area contributed by atoms with Crippen LogP contribution in [0.4, 0.5) is 11.4 Å². The predicted octanol–water partition coefficient (Wildman–Crippen LogP) is 4.08. The van der Waals surface area contributed by atoms with E-state index in [1.807, 2.05) is 0 Å². The van der Waals surface area contributed by atoms with E-state index < -0.39 is 20.9 Å². The molecule has 0 aliphatic rings. The first-order valence-corrected chi connectivity index (χ1v) is 11.0. The lowest BCUT2D eigenvalue weighted by molar-refractivity contribution is -0.384. The third-order valence-corrected chi connectivity index (χ3v) is 5.91. The van der Waals surface area contributed by atoms with E-state index in [1.54, 1.807) is 30.3 Å². The molecule has 0 radical (unpaired) electrons. The number of ketones is 1. The SMILES string of the molecule is COC(=O)c1cccc(/C=C/C(=O)c2ccc(NS(=O)(=O)c3ccc([N+](=O)[O-])cc3)cc2)c1. The number of hydrogen-bond acceptors (Lipinski definition) is 7. The van der Waals surface area contributed by atoms with Crippen LogP contribution in [-0.2, 0) is 14.8 Å². The van der Waals surface area contributed by atoms with Gasteiger partial charge in [-0.2, -0.15) is 0 Å². The molecule has 168 valence electrons. The number of rotatable bonds is 8. The van der Waals surface area contributed by atoms with Crippen molar-refractivity contribution in [2.45, 2.75) is 4.90 Å². The molecular weight excluding hydrogens is 448 g/mol. The standard InChI is InChI=1S/C23H18N2O7S/c1-32-23(27)18-4-2-3-16(15-18)5-14-22(26)17-6-8-19(9-7-17)24-33(30,31)21-12-10-20(11-13-21)25(28)29/h2-15,24H,1H3/b14-5+. The van der Waals surface area contributed by atoms with Crippen molar-refractivity contribution in [1.82, 2.24) is 0 Å². The summed E-state index contributed by atoms with van der Waals surface area (Å²) < 4.78 is 32.0. The Hall–Kier alpha value is -4.31. The zero-order valence-electron chi connectivity index (χ0n) is 17.3. The summed E-state index contributed by atoms with van der Waals surface area (Å²) in [4.78, 5) is 34.0. The van der Waals surface area contributed by atoms with Gasteiger partial charge in [-0.15, -0.1) is 0 Å². The minimum Gasteiger partial charge on any atom is -0.465 e. The smallest absolute Gasteiger partial charge is 0.337 e. The molecule has 0 aromatic heterocycles. The second kappa shape index (κ2) is 9.88. The molecule has 0 aliphatic heterocycles. The highest BCUT2D eigenvalue weighted by Crippen LogP contribution is 2.20. The summed E-state index contributed by atoms with van der Waals surface area (Å²) in [6, 6.07) is 16.9. The van der Waals surface area contributed by atoms with Gasteiger partial charge in [0.05, 0.1) is 22.5 Å². The molecule has 9 nitrogen and oxygen atoms in total. The summed E-state index contributed by atoms with van der Waals surface area (Å²) in [7, 11) is -2.68. The number of nitro groups is 1. The van der Waals surface area contributed by atoms with E-state index in [9.17, 15) is 28.1 Å². The van der Waals surface area contributed by atoms with Crippen molar-refractivity contribution in [3.63, 3.8) is 0 Å². The number of ether oxygens (including phenoxy) is 1. The maximum absolute atomic E-state index is 12.5. The van der Waals surface area contributed by atoms with Crippen LogP contribution in [0.15, 0.2) is 83.8 Å². The molecule has 0 saturated heterocycles. The Balaban J connectivity index is 1.69. The number of allylic oxidation sites excluding steroid dienone is 1. The highest BCUT2D eigenvalue weighted by Gasteiger charge is 2.16. The van der Waals surface area contributed by atoms with Gasteiger partial charge in [-0.25, -0.2) is 13.2 Å². The molecule has 1 N–H and O–H groups in total. The maximum atomic E-state index is 12.5. The monoisotopic (exact) mass is 466 g/mol. The summed E-state index contributed by atoms with van der Waals surface area (Å²) in [6.07, 6.45) is 2.90. The molecule has 0 fully saturated rings. The second-order valence-corrected chi connectivity index (χ2v) is 8.43. The van der Waals surface area contributed by atoms with Crippen LogP contribution in [0.1, 0.15) is 26.3 Å². The van der Waals surface area contributed by atoms with Crippen molar-refractivity contribution in [1.29, 1.82) is 0 Å². The van der Waals surface area contributed by atoms with E-state index in [2.05, 4.69) is 9.46 Å². The van der Waals surface area contributed by atoms with Gasteiger partial charge in [0.15, 0.2) is 5.78 Å². The first kappa shape index (κ1) is 23.4. The normalized spacial score (nSPS) is 11.2. The fourth-order valence-electron chi connectivity index (χ4n) is 2.82. The van der Waals surface area contributed by atoms with Gasteiger partial charge in [0.25, 0.3) is 15.7 Å². The maximum Gasteiger partial charge on any atom is 0.337 e. The Morgan fingerprint density at radius 1 is 0.970 bits per heavy atom. The van der Waals surface area contributed by atoms with Crippen molar-refractivity contribution in [3.05, 3.63) is 106 Å². The molecule has 33 heavy (non-hydrogen) atoms. The summed E-state index contributed by atoms with van der Waals surface area (Å²) in [5, 5.41) is 10.7. The molecule has 3 aromatic carbocycles. The molecule has 0 bridgehead atoms. The molecule has 0 amide bonds. The number of benzene rings is 3. The van der Waals surface area contributed by atoms with Gasteiger partial charge in [-0.05, 0) is 60.2 Å². The Morgan fingerprint density at radius 3 is 2.24 bits per heavy atom. The van der Waals surface area contributed by atoms with E-state index in [0.717, 1.165) is 24.3 Å². The molecule has 10 heteroatoms. The lowest BCUT2D eigenvalue weighted by Crippen LogP contribution is -2.13. The number of nitrogens with zero attached hydrogens (tertiary/aromatic N) is 1. The van der Waals surface area contributed by atoms with Crippen LogP contribution in [0.2, 0.25) is 0 Å². The van der Waals surface area contributed by atoms with Gasteiger partial charge in [0.1, 0.15) is 0 Å². The van der Waals surface area contributed by atoms with Crippen LogP contribution >= 0.6 is 0 Å². The molecule has 0 unspecified atom stereocenters. The van der Waals surface area contributed by atoms with Gasteiger partial charge in [0, 0.05) is 23.4 Å². The van der Waals surface area contributed by atoms with Gasteiger partial charge in [-0.3, -0.25) is 19.6 Å². The number of carbonyl (C=O) groups excluding carboxylic acids is 2. The highest BCUT2D eigenvalue weighted by molar-refractivity contribution is 7.92. The summed E-state index contributed by atoms with van der Waals surface area (Å²) in [5.41, 5.74) is 1.32. The molecule has 0 aliphatic carbocycles. The molecule has 0 saturated carbocycles. The van der Waals surface area contributed by atoms with Gasteiger partial charge >= 0.3 is 5.97 Å². The quantitative estimate of drug-likeness (QED) is 0.174. The minimum absolute atomic E-state index is 0.134. The van der Waals surface area contributed by atoms with Crippen LogP contribution in [0, 0.1) is 10.1 Å². The molecule has 3 rings (SSSR count). The second-order valence-electron chi connectivity index (χ2n) is 6.75. The Morgan fingerprint density at radius 2 is 1.64 bits per heavy atom. The molecule has 0 atom stereocenters. The average Bonchev–Trinajstić information content (AvgIpc) is 2.82. The number of sulfonamides is 1. The number of nitro benzene ring substituents is 1. The van der Waals surface area contributed by atoms with Crippen LogP contribution in [0.25, 0.3) is 6.08 Å². The lowest BCUT2D eigenvalue weighted by atomic mass is 10.1. The van der Waals surface area contributed by atoms with Crippen molar-refractivity contribution < 1.29 is 27.7 Å². The zero-order valence-corrected chi connectivity index (χ0v) is 18.1. The zero-order chi connectivity index (χ0) is 24.0. The Labute approximate surface area is 189 Å². The van der Waals surface area contributed by atoms with Crippen molar-refractivity contribution in [3.8, 4) is 0 Å². The van der Waals surface area contributed by atoms with E-state index in [1.165, 1.54) is 37.5 Å². The average molecular weight is 466 g/mol.